The minimum atomic E-state index is 0.228. The molecule has 0 aromatic heterocycles. The van der Waals surface area contributed by atoms with Gasteiger partial charge in [-0.05, 0) is 50.5 Å². The Morgan fingerprint density at radius 1 is 1.47 bits per heavy atom. The second-order valence-corrected chi connectivity index (χ2v) is 5.00. The van der Waals surface area contributed by atoms with Crippen LogP contribution in [0.25, 0.3) is 0 Å². The molecule has 1 aromatic rings. The Morgan fingerprint density at radius 2 is 2.24 bits per heavy atom. The predicted molar refractivity (Wildman–Crippen MR) is 71.8 cm³/mol. The van der Waals surface area contributed by atoms with Crippen LogP contribution < -0.4 is 15.4 Å². The van der Waals surface area contributed by atoms with Gasteiger partial charge in [0.1, 0.15) is 5.75 Å². The van der Waals surface area contributed by atoms with E-state index >= 15 is 0 Å². The second-order valence-electron chi connectivity index (χ2n) is 5.00. The van der Waals surface area contributed by atoms with Crippen molar-refractivity contribution >= 4 is 5.69 Å². The van der Waals surface area contributed by atoms with Crippen molar-refractivity contribution in [1.29, 1.82) is 0 Å². The van der Waals surface area contributed by atoms with E-state index in [0.717, 1.165) is 25.1 Å². The zero-order valence-electron chi connectivity index (χ0n) is 10.9. The van der Waals surface area contributed by atoms with Crippen molar-refractivity contribution in [2.45, 2.75) is 38.8 Å². The van der Waals surface area contributed by atoms with E-state index in [-0.39, 0.29) is 6.10 Å². The van der Waals surface area contributed by atoms with E-state index in [0.29, 0.717) is 6.04 Å². The van der Waals surface area contributed by atoms with Gasteiger partial charge in [-0.2, -0.15) is 0 Å². The van der Waals surface area contributed by atoms with E-state index in [1.54, 1.807) is 0 Å². The van der Waals surface area contributed by atoms with Gasteiger partial charge in [0.15, 0.2) is 0 Å². The summed E-state index contributed by atoms with van der Waals surface area (Å²) in [6.07, 6.45) is 2.45. The van der Waals surface area contributed by atoms with Crippen molar-refractivity contribution in [3.05, 3.63) is 23.8 Å². The molecular formula is C14H22N2O. The first kappa shape index (κ1) is 12.2. The van der Waals surface area contributed by atoms with Crippen LogP contribution in [0.15, 0.2) is 18.2 Å². The highest BCUT2D eigenvalue weighted by Crippen LogP contribution is 2.32. The molecule has 0 saturated heterocycles. The second kappa shape index (κ2) is 4.96. The minimum absolute atomic E-state index is 0.228. The van der Waals surface area contributed by atoms with Gasteiger partial charge in [0, 0.05) is 25.3 Å². The maximum atomic E-state index is 5.78. The third-order valence-corrected chi connectivity index (χ3v) is 3.37. The van der Waals surface area contributed by atoms with Gasteiger partial charge in [0.2, 0.25) is 0 Å². The van der Waals surface area contributed by atoms with Crippen LogP contribution in [0, 0.1) is 0 Å². The molecule has 2 N–H and O–H groups in total. The largest absolute Gasteiger partial charge is 0.491 e. The highest BCUT2D eigenvalue weighted by Gasteiger charge is 2.22. The lowest BCUT2D eigenvalue weighted by Crippen LogP contribution is -2.41. The molecule has 0 saturated carbocycles. The van der Waals surface area contributed by atoms with Crippen LogP contribution in [0.3, 0.4) is 0 Å². The summed E-state index contributed by atoms with van der Waals surface area (Å²) in [5.41, 5.74) is 8.45. The summed E-state index contributed by atoms with van der Waals surface area (Å²) in [7, 11) is 2.12. The summed E-state index contributed by atoms with van der Waals surface area (Å²) in [5, 5.41) is 0. The Balaban J connectivity index is 2.23. The molecule has 17 heavy (non-hydrogen) atoms. The average Bonchev–Trinajstić information content (AvgIpc) is 2.28. The standard InChI is InChI=1S/C14H22N2O/c1-10(2)17-13-6-7-14-11(8-13)4-5-12(9-15)16(14)3/h6-8,10,12H,4-5,9,15H2,1-3H3. The number of nitrogens with two attached hydrogens (primary N) is 1. The van der Waals surface area contributed by atoms with Crippen molar-refractivity contribution in [1.82, 2.24) is 0 Å². The molecule has 3 heteroatoms. The molecule has 2 rings (SSSR count). The maximum Gasteiger partial charge on any atom is 0.120 e. The van der Waals surface area contributed by atoms with E-state index in [9.17, 15) is 0 Å². The number of anilines is 1. The zero-order chi connectivity index (χ0) is 12.4. The summed E-state index contributed by atoms with van der Waals surface area (Å²) in [6.45, 7) is 4.83. The van der Waals surface area contributed by atoms with E-state index in [4.69, 9.17) is 10.5 Å². The average molecular weight is 234 g/mol. The van der Waals surface area contributed by atoms with Gasteiger partial charge in [-0.1, -0.05) is 0 Å². The molecule has 1 aromatic carbocycles. The molecule has 0 fully saturated rings. The van der Waals surface area contributed by atoms with Gasteiger partial charge >= 0.3 is 0 Å². The zero-order valence-corrected chi connectivity index (χ0v) is 10.9. The number of nitrogens with zero attached hydrogens (tertiary/aromatic N) is 1. The van der Waals surface area contributed by atoms with Crippen LogP contribution in [-0.4, -0.2) is 25.7 Å². The number of ether oxygens (including phenoxy) is 1. The summed E-state index contributed by atoms with van der Waals surface area (Å²) < 4.78 is 5.73. The molecule has 0 spiro atoms. The highest BCUT2D eigenvalue weighted by molar-refractivity contribution is 5.58. The van der Waals surface area contributed by atoms with E-state index < -0.39 is 0 Å². The summed E-state index contributed by atoms with van der Waals surface area (Å²) in [5.74, 6) is 0.971. The van der Waals surface area contributed by atoms with Crippen LogP contribution in [0.4, 0.5) is 5.69 Å². The molecule has 0 amide bonds. The van der Waals surface area contributed by atoms with Crippen LogP contribution in [0.1, 0.15) is 25.8 Å². The highest BCUT2D eigenvalue weighted by atomic mass is 16.5. The topological polar surface area (TPSA) is 38.5 Å². The monoisotopic (exact) mass is 234 g/mol. The molecule has 1 heterocycles. The number of hydrogen-bond donors (Lipinski definition) is 1. The van der Waals surface area contributed by atoms with Crippen LogP contribution in [0.5, 0.6) is 5.75 Å². The predicted octanol–water partition coefficient (Wildman–Crippen LogP) is 2.18. The third kappa shape index (κ3) is 2.55. The number of rotatable bonds is 3. The van der Waals surface area contributed by atoms with Crippen molar-refractivity contribution in [2.24, 2.45) is 5.73 Å². The van der Waals surface area contributed by atoms with Gasteiger partial charge < -0.3 is 15.4 Å². The molecule has 1 atom stereocenters. The molecule has 3 nitrogen and oxygen atoms in total. The number of aryl methyl sites for hydroxylation is 1. The number of likely N-dealkylation sites (N-methyl/N-ethyl adjacent to an activating group) is 1. The molecule has 1 unspecified atom stereocenters. The van der Waals surface area contributed by atoms with Gasteiger partial charge in [-0.25, -0.2) is 0 Å². The number of fused-ring (bicyclic) bond motifs is 1. The SMILES string of the molecule is CC(C)Oc1ccc2c(c1)CCC(CN)N2C. The Bertz CT molecular complexity index is 390. The first-order chi connectivity index (χ1) is 8.11. The minimum Gasteiger partial charge on any atom is -0.491 e. The lowest BCUT2D eigenvalue weighted by molar-refractivity contribution is 0.242. The molecule has 0 bridgehead atoms. The first-order valence-corrected chi connectivity index (χ1v) is 6.34. The Kier molecular flexibility index (Phi) is 3.57. The van der Waals surface area contributed by atoms with E-state index in [1.807, 2.05) is 6.07 Å². The van der Waals surface area contributed by atoms with Gasteiger partial charge in [-0.15, -0.1) is 0 Å². The van der Waals surface area contributed by atoms with Gasteiger partial charge in [0.25, 0.3) is 0 Å². The molecule has 94 valence electrons. The first-order valence-electron chi connectivity index (χ1n) is 6.34. The molecule has 1 aliphatic rings. The van der Waals surface area contributed by atoms with Crippen LogP contribution >= 0.6 is 0 Å². The number of benzene rings is 1. The molecule has 1 aliphatic heterocycles. The smallest absolute Gasteiger partial charge is 0.120 e. The molecule has 0 aliphatic carbocycles. The van der Waals surface area contributed by atoms with Gasteiger partial charge in [-0.3, -0.25) is 0 Å². The fourth-order valence-corrected chi connectivity index (χ4v) is 2.44. The Labute approximate surface area is 104 Å². The Hall–Kier alpha value is -1.22. The Morgan fingerprint density at radius 3 is 2.88 bits per heavy atom. The van der Waals surface area contributed by atoms with Crippen molar-refractivity contribution in [3.63, 3.8) is 0 Å². The normalized spacial score (nSPS) is 19.4. The van der Waals surface area contributed by atoms with E-state index in [1.165, 1.54) is 11.3 Å². The summed E-state index contributed by atoms with van der Waals surface area (Å²) >= 11 is 0. The number of hydrogen-bond acceptors (Lipinski definition) is 3. The summed E-state index contributed by atoms with van der Waals surface area (Å²) in [6, 6.07) is 6.83. The van der Waals surface area contributed by atoms with Gasteiger partial charge in [0.05, 0.1) is 6.10 Å². The van der Waals surface area contributed by atoms with E-state index in [2.05, 4.69) is 37.9 Å². The van der Waals surface area contributed by atoms with Crippen molar-refractivity contribution < 1.29 is 4.74 Å². The van der Waals surface area contributed by atoms with Crippen molar-refractivity contribution in [3.8, 4) is 5.75 Å². The van der Waals surface area contributed by atoms with Crippen LogP contribution in [-0.2, 0) is 6.42 Å². The maximum absolute atomic E-state index is 5.78. The molecular weight excluding hydrogens is 212 g/mol. The third-order valence-electron chi connectivity index (χ3n) is 3.37. The summed E-state index contributed by atoms with van der Waals surface area (Å²) in [4.78, 5) is 2.29. The lowest BCUT2D eigenvalue weighted by Gasteiger charge is -2.35. The molecule has 0 radical (unpaired) electrons. The van der Waals surface area contributed by atoms with Crippen molar-refractivity contribution in [2.75, 3.05) is 18.5 Å². The fraction of sp³-hybridized carbons (Fsp3) is 0.571. The van der Waals surface area contributed by atoms with Crippen LogP contribution in [0.2, 0.25) is 0 Å². The lowest BCUT2D eigenvalue weighted by atomic mass is 9.96. The fourth-order valence-electron chi connectivity index (χ4n) is 2.44. The quantitative estimate of drug-likeness (QED) is 0.871.